The van der Waals surface area contributed by atoms with Gasteiger partial charge in [-0.2, -0.15) is 10.2 Å². The van der Waals surface area contributed by atoms with Gasteiger partial charge in [-0.3, -0.25) is 4.79 Å². The normalized spacial score (nSPS) is 22.4. The van der Waals surface area contributed by atoms with E-state index in [1.54, 1.807) is 6.08 Å². The molecule has 1 aromatic carbocycles. The number of nitrogens with zero attached hydrogens (tertiary/aromatic N) is 4. The Labute approximate surface area is 185 Å². The first-order valence-electron chi connectivity index (χ1n) is 9.86. The summed E-state index contributed by atoms with van der Waals surface area (Å²) in [6, 6.07) is 11.6. The molecular formula is C22H22Cl2N4O2. The number of aromatic nitrogens is 1. The van der Waals surface area contributed by atoms with E-state index in [-0.39, 0.29) is 33.3 Å². The molecule has 1 amide bonds. The van der Waals surface area contributed by atoms with Gasteiger partial charge in [-0.1, -0.05) is 55.2 Å². The van der Waals surface area contributed by atoms with Crippen LogP contribution in [-0.4, -0.2) is 42.0 Å². The Morgan fingerprint density at radius 1 is 1.23 bits per heavy atom. The summed E-state index contributed by atoms with van der Waals surface area (Å²) in [5, 5.41) is 9.50. The van der Waals surface area contributed by atoms with Gasteiger partial charge in [-0.25, -0.2) is 0 Å². The Bertz CT molecular complexity index is 1010. The maximum atomic E-state index is 13.0. The van der Waals surface area contributed by atoms with Crippen LogP contribution in [0.5, 0.6) is 0 Å². The summed E-state index contributed by atoms with van der Waals surface area (Å²) in [6.45, 7) is 6.39. The van der Waals surface area contributed by atoms with Crippen LogP contribution < -0.4 is 4.90 Å². The summed E-state index contributed by atoms with van der Waals surface area (Å²) in [5.41, 5.74) is 0.938. The van der Waals surface area contributed by atoms with Crippen LogP contribution in [0.2, 0.25) is 0 Å². The van der Waals surface area contributed by atoms with Gasteiger partial charge < -0.3 is 14.2 Å². The number of oxazole rings is 1. The number of benzene rings is 1. The van der Waals surface area contributed by atoms with E-state index in [4.69, 9.17) is 27.6 Å². The van der Waals surface area contributed by atoms with Gasteiger partial charge >= 0.3 is 0 Å². The molecule has 1 saturated carbocycles. The van der Waals surface area contributed by atoms with Gasteiger partial charge in [-0.05, 0) is 29.5 Å². The maximum Gasteiger partial charge on any atom is 0.235 e. The van der Waals surface area contributed by atoms with Gasteiger partial charge in [-0.15, -0.1) is 0 Å². The molecule has 2 fully saturated rings. The number of nitriles is 1. The van der Waals surface area contributed by atoms with Crippen molar-refractivity contribution in [2.45, 2.75) is 13.8 Å². The standard InChI is InChI=1S/C22H22Cl2N4O2/c1-22(2)15(12-17(23)24)18(22)20(29)27-8-10-28(11-9-27)21-16(13-25)26-19(30-21)14-6-4-3-5-7-14/h3-7,12,15,18H,8-11H2,1-2H3. The highest BCUT2D eigenvalue weighted by molar-refractivity contribution is 6.55. The number of amides is 1. The third kappa shape index (κ3) is 3.80. The number of piperazine rings is 1. The minimum Gasteiger partial charge on any atom is -0.419 e. The Morgan fingerprint density at radius 2 is 1.90 bits per heavy atom. The van der Waals surface area contributed by atoms with Crippen LogP contribution in [0.15, 0.2) is 45.3 Å². The molecule has 1 saturated heterocycles. The lowest BCUT2D eigenvalue weighted by Crippen LogP contribution is -2.49. The first kappa shape index (κ1) is 20.8. The lowest BCUT2D eigenvalue weighted by Gasteiger charge is -2.35. The number of hydrogen-bond acceptors (Lipinski definition) is 5. The molecule has 1 aromatic heterocycles. The topological polar surface area (TPSA) is 73.4 Å². The van der Waals surface area contributed by atoms with Crippen molar-refractivity contribution in [3.05, 3.63) is 46.6 Å². The van der Waals surface area contributed by atoms with Crippen molar-refractivity contribution in [2.75, 3.05) is 31.1 Å². The number of allylic oxidation sites excluding steroid dienone is 1. The average Bonchev–Trinajstić information content (AvgIpc) is 3.08. The lowest BCUT2D eigenvalue weighted by atomic mass is 10.1. The molecule has 0 radical (unpaired) electrons. The molecule has 6 nitrogen and oxygen atoms in total. The molecule has 2 unspecified atom stereocenters. The van der Waals surface area contributed by atoms with Crippen molar-refractivity contribution in [1.82, 2.24) is 9.88 Å². The number of anilines is 1. The van der Waals surface area contributed by atoms with Gasteiger partial charge in [0.05, 0.1) is 5.92 Å². The monoisotopic (exact) mass is 444 g/mol. The zero-order valence-electron chi connectivity index (χ0n) is 16.8. The third-order valence-corrected chi connectivity index (χ3v) is 6.35. The fourth-order valence-corrected chi connectivity index (χ4v) is 4.50. The molecule has 2 aromatic rings. The molecule has 2 heterocycles. The molecule has 0 N–H and O–H groups in total. The lowest BCUT2D eigenvalue weighted by molar-refractivity contribution is -0.133. The summed E-state index contributed by atoms with van der Waals surface area (Å²) in [5.74, 6) is 0.957. The number of hydrogen-bond donors (Lipinski definition) is 0. The Balaban J connectivity index is 1.44. The highest BCUT2D eigenvalue weighted by atomic mass is 35.5. The van der Waals surface area contributed by atoms with Crippen molar-refractivity contribution in [1.29, 1.82) is 5.26 Å². The molecule has 0 spiro atoms. The van der Waals surface area contributed by atoms with E-state index in [9.17, 15) is 10.1 Å². The van der Waals surface area contributed by atoms with Crippen molar-refractivity contribution in [3.63, 3.8) is 0 Å². The zero-order valence-corrected chi connectivity index (χ0v) is 18.3. The smallest absolute Gasteiger partial charge is 0.235 e. The van der Waals surface area contributed by atoms with Crippen molar-refractivity contribution in [2.24, 2.45) is 17.3 Å². The van der Waals surface area contributed by atoms with Crippen molar-refractivity contribution >= 4 is 35.0 Å². The first-order chi connectivity index (χ1) is 14.3. The predicted octanol–water partition coefficient (Wildman–Crippen LogP) is 4.45. The number of carbonyl (C=O) groups is 1. The van der Waals surface area contributed by atoms with Gasteiger partial charge in [0.1, 0.15) is 10.6 Å². The SMILES string of the molecule is CC1(C)C(C=C(Cl)Cl)C1C(=O)N1CCN(c2oc(-c3ccccc3)nc2C#N)CC1. The van der Waals surface area contributed by atoms with E-state index in [1.165, 1.54) is 0 Å². The second kappa shape index (κ2) is 7.98. The second-order valence-corrected chi connectivity index (χ2v) is 9.25. The van der Waals surface area contributed by atoms with E-state index in [2.05, 4.69) is 24.9 Å². The molecule has 0 bridgehead atoms. The Morgan fingerprint density at radius 3 is 2.50 bits per heavy atom. The molecule has 4 rings (SSSR count). The molecule has 1 aliphatic carbocycles. The summed E-state index contributed by atoms with van der Waals surface area (Å²) in [7, 11) is 0. The molecule has 156 valence electrons. The molecular weight excluding hydrogens is 423 g/mol. The molecule has 1 aliphatic heterocycles. The summed E-state index contributed by atoms with van der Waals surface area (Å²) >= 11 is 11.6. The number of carbonyl (C=O) groups excluding carboxylic acids is 1. The van der Waals surface area contributed by atoms with Crippen LogP contribution in [0.3, 0.4) is 0 Å². The largest absolute Gasteiger partial charge is 0.419 e. The zero-order chi connectivity index (χ0) is 21.5. The van der Waals surface area contributed by atoms with Crippen LogP contribution in [0.25, 0.3) is 11.5 Å². The van der Waals surface area contributed by atoms with E-state index in [0.717, 1.165) is 5.56 Å². The van der Waals surface area contributed by atoms with E-state index in [1.807, 2.05) is 40.1 Å². The summed E-state index contributed by atoms with van der Waals surface area (Å²) in [4.78, 5) is 21.2. The highest BCUT2D eigenvalue weighted by Crippen LogP contribution is 2.60. The van der Waals surface area contributed by atoms with Gasteiger partial charge in [0.2, 0.25) is 23.4 Å². The minimum absolute atomic E-state index is 0.0564. The van der Waals surface area contributed by atoms with Crippen molar-refractivity contribution < 1.29 is 9.21 Å². The van der Waals surface area contributed by atoms with Crippen LogP contribution in [-0.2, 0) is 4.79 Å². The summed E-state index contributed by atoms with van der Waals surface area (Å²) in [6.07, 6.45) is 1.76. The quantitative estimate of drug-likeness (QED) is 0.695. The average molecular weight is 445 g/mol. The second-order valence-electron chi connectivity index (χ2n) is 8.24. The number of halogens is 2. The van der Waals surface area contributed by atoms with E-state index < -0.39 is 0 Å². The van der Waals surface area contributed by atoms with Gasteiger partial charge in [0.15, 0.2) is 0 Å². The highest BCUT2D eigenvalue weighted by Gasteiger charge is 2.61. The maximum absolute atomic E-state index is 13.0. The molecule has 30 heavy (non-hydrogen) atoms. The molecule has 2 atom stereocenters. The first-order valence-corrected chi connectivity index (χ1v) is 10.6. The van der Waals surface area contributed by atoms with E-state index in [0.29, 0.717) is 38.0 Å². The van der Waals surface area contributed by atoms with Crippen LogP contribution in [0.4, 0.5) is 5.88 Å². The van der Waals surface area contributed by atoms with Crippen molar-refractivity contribution in [3.8, 4) is 17.5 Å². The molecule has 2 aliphatic rings. The Hall–Kier alpha value is -2.49. The van der Waals surface area contributed by atoms with Gasteiger partial charge in [0.25, 0.3) is 0 Å². The fraction of sp³-hybridized carbons (Fsp3) is 0.409. The van der Waals surface area contributed by atoms with Crippen LogP contribution in [0.1, 0.15) is 19.5 Å². The van der Waals surface area contributed by atoms with Crippen LogP contribution >= 0.6 is 23.2 Å². The van der Waals surface area contributed by atoms with Crippen LogP contribution in [0, 0.1) is 28.6 Å². The summed E-state index contributed by atoms with van der Waals surface area (Å²) < 4.78 is 6.14. The predicted molar refractivity (Wildman–Crippen MR) is 116 cm³/mol. The minimum atomic E-state index is -0.146. The fourth-order valence-electron chi connectivity index (χ4n) is 4.23. The third-order valence-electron chi connectivity index (χ3n) is 6.10. The Kier molecular flexibility index (Phi) is 5.52. The van der Waals surface area contributed by atoms with Gasteiger partial charge in [0, 0.05) is 31.7 Å². The van der Waals surface area contributed by atoms with E-state index >= 15 is 0 Å². The number of rotatable bonds is 4. The molecule has 8 heteroatoms.